The Balaban J connectivity index is 2.49. The minimum absolute atomic E-state index is 0.105. The zero-order valence-corrected chi connectivity index (χ0v) is 24.3. The molecule has 0 bridgehead atoms. The summed E-state index contributed by atoms with van der Waals surface area (Å²) in [4.78, 5) is 42.1. The number of aromatic hydroxyl groups is 1. The maximum Gasteiger partial charge on any atom is 0.408 e. The minimum atomic E-state index is -0.989. The van der Waals surface area contributed by atoms with Gasteiger partial charge in [0.1, 0.15) is 23.4 Å². The van der Waals surface area contributed by atoms with E-state index in [0.717, 1.165) is 30.4 Å². The highest BCUT2D eigenvalue weighted by atomic mass is 16.6. The van der Waals surface area contributed by atoms with Crippen LogP contribution >= 0.6 is 0 Å². The van der Waals surface area contributed by atoms with Gasteiger partial charge in [-0.1, -0.05) is 63.6 Å². The first kappa shape index (κ1) is 31.7. The summed E-state index contributed by atoms with van der Waals surface area (Å²) >= 11 is 0. The van der Waals surface area contributed by atoms with E-state index in [2.05, 4.69) is 24.5 Å². The Bertz CT molecular complexity index is 1060. The summed E-state index contributed by atoms with van der Waals surface area (Å²) in [5.41, 5.74) is 1.84. The first-order chi connectivity index (χ1) is 18.5. The van der Waals surface area contributed by atoms with Crippen molar-refractivity contribution in [3.05, 3.63) is 65.2 Å². The van der Waals surface area contributed by atoms with Crippen molar-refractivity contribution < 1.29 is 24.2 Å². The van der Waals surface area contributed by atoms with Gasteiger partial charge in [0.15, 0.2) is 0 Å². The van der Waals surface area contributed by atoms with Gasteiger partial charge in [0, 0.05) is 19.5 Å². The molecule has 0 spiro atoms. The molecule has 2 unspecified atom stereocenters. The van der Waals surface area contributed by atoms with E-state index >= 15 is 0 Å². The Hall–Kier alpha value is -3.55. The summed E-state index contributed by atoms with van der Waals surface area (Å²) in [6.07, 6.45) is 2.70. The number of amides is 3. The van der Waals surface area contributed by atoms with Crippen LogP contribution in [0.25, 0.3) is 0 Å². The molecular weight excluding hydrogens is 494 g/mol. The number of carbonyl (C=O) groups excluding carboxylic acids is 3. The zero-order valence-electron chi connectivity index (χ0n) is 24.3. The molecule has 2 atom stereocenters. The maximum absolute atomic E-state index is 14.2. The van der Waals surface area contributed by atoms with Crippen molar-refractivity contribution in [2.24, 2.45) is 0 Å². The molecule has 0 radical (unpaired) electrons. The summed E-state index contributed by atoms with van der Waals surface area (Å²) in [7, 11) is 0. The molecule has 0 aliphatic rings. The Labute approximate surface area is 233 Å². The number of ether oxygens (including phenoxy) is 1. The largest absolute Gasteiger partial charge is 0.508 e. The standard InChI is InChI=1S/C31H45N3O5/c1-7-10-19-32-28(36)27(24-15-11-22(9-3)12-16-24)34(20-8-2)29(37)26(33-30(38)39-31(4,5)6)21-23-13-17-25(35)18-14-23/h11-18,26-27,35H,7-10,19-21H2,1-6H3,(H,32,36)(H,33,38). The summed E-state index contributed by atoms with van der Waals surface area (Å²) < 4.78 is 5.46. The molecule has 0 heterocycles. The number of nitrogens with one attached hydrogen (secondary N) is 2. The number of alkyl carbamates (subject to hydrolysis) is 1. The van der Waals surface area contributed by atoms with Crippen LogP contribution in [0.2, 0.25) is 0 Å². The van der Waals surface area contributed by atoms with Crippen molar-refractivity contribution in [2.45, 2.75) is 91.3 Å². The Kier molecular flexibility index (Phi) is 12.3. The fourth-order valence-electron chi connectivity index (χ4n) is 4.22. The number of benzene rings is 2. The molecule has 0 aliphatic carbocycles. The summed E-state index contributed by atoms with van der Waals surface area (Å²) in [5, 5.41) is 15.5. The lowest BCUT2D eigenvalue weighted by Crippen LogP contribution is -2.54. The first-order valence-electron chi connectivity index (χ1n) is 13.9. The third-order valence-electron chi connectivity index (χ3n) is 6.21. The van der Waals surface area contributed by atoms with E-state index in [0.29, 0.717) is 25.1 Å². The normalized spacial score (nSPS) is 12.8. The van der Waals surface area contributed by atoms with E-state index in [1.807, 2.05) is 31.2 Å². The van der Waals surface area contributed by atoms with Crippen LogP contribution in [0.3, 0.4) is 0 Å². The second-order valence-corrected chi connectivity index (χ2v) is 10.7. The fraction of sp³-hybridized carbons (Fsp3) is 0.516. The third-order valence-corrected chi connectivity index (χ3v) is 6.21. The van der Waals surface area contributed by atoms with Crippen molar-refractivity contribution in [3.63, 3.8) is 0 Å². The number of unbranched alkanes of at least 4 members (excludes halogenated alkanes) is 1. The van der Waals surface area contributed by atoms with Crippen LogP contribution < -0.4 is 10.6 Å². The van der Waals surface area contributed by atoms with Crippen molar-refractivity contribution in [3.8, 4) is 5.75 Å². The van der Waals surface area contributed by atoms with Crippen molar-refractivity contribution >= 4 is 17.9 Å². The van der Waals surface area contributed by atoms with Crippen LogP contribution in [0.1, 0.15) is 83.5 Å². The van der Waals surface area contributed by atoms with E-state index in [9.17, 15) is 19.5 Å². The van der Waals surface area contributed by atoms with Crippen LogP contribution in [0, 0.1) is 0 Å². The maximum atomic E-state index is 14.2. The average Bonchev–Trinajstić information content (AvgIpc) is 2.88. The minimum Gasteiger partial charge on any atom is -0.508 e. The van der Waals surface area contributed by atoms with Gasteiger partial charge in [0.05, 0.1) is 0 Å². The molecule has 8 nitrogen and oxygen atoms in total. The highest BCUT2D eigenvalue weighted by Gasteiger charge is 2.36. The number of nitrogens with zero attached hydrogens (tertiary/aromatic N) is 1. The number of hydrogen-bond acceptors (Lipinski definition) is 5. The number of hydrogen-bond donors (Lipinski definition) is 3. The lowest BCUT2D eigenvalue weighted by molar-refractivity contribution is -0.142. The van der Waals surface area contributed by atoms with Crippen LogP contribution in [0.4, 0.5) is 4.79 Å². The van der Waals surface area contributed by atoms with E-state index in [4.69, 9.17) is 4.74 Å². The number of aryl methyl sites for hydroxylation is 1. The second kappa shape index (κ2) is 15.1. The SMILES string of the molecule is CCCCNC(=O)C(c1ccc(CC)cc1)N(CCC)C(=O)C(Cc1ccc(O)cc1)NC(=O)OC(C)(C)C. The molecule has 2 rings (SSSR count). The number of phenols is 1. The van der Waals surface area contributed by atoms with Gasteiger partial charge >= 0.3 is 6.09 Å². The lowest BCUT2D eigenvalue weighted by Gasteiger charge is -2.34. The molecule has 0 aliphatic heterocycles. The first-order valence-corrected chi connectivity index (χ1v) is 13.9. The molecule has 2 aromatic carbocycles. The average molecular weight is 540 g/mol. The summed E-state index contributed by atoms with van der Waals surface area (Å²) in [5.74, 6) is -0.533. The smallest absolute Gasteiger partial charge is 0.408 e. The summed E-state index contributed by atoms with van der Waals surface area (Å²) in [6, 6.07) is 12.4. The van der Waals surface area contributed by atoms with Gasteiger partial charge in [-0.2, -0.15) is 0 Å². The third kappa shape index (κ3) is 10.3. The molecule has 3 N–H and O–H groups in total. The monoisotopic (exact) mass is 539 g/mol. The number of phenolic OH excluding ortho intramolecular Hbond substituents is 1. The van der Waals surface area contributed by atoms with E-state index < -0.39 is 23.8 Å². The molecule has 2 aromatic rings. The molecular formula is C31H45N3O5. The Morgan fingerprint density at radius 3 is 2.08 bits per heavy atom. The van der Waals surface area contributed by atoms with Gasteiger partial charge in [0.2, 0.25) is 11.8 Å². The van der Waals surface area contributed by atoms with Gasteiger partial charge < -0.3 is 25.4 Å². The molecule has 214 valence electrons. The lowest BCUT2D eigenvalue weighted by atomic mass is 9.98. The van der Waals surface area contributed by atoms with Gasteiger partial charge in [-0.3, -0.25) is 9.59 Å². The molecule has 8 heteroatoms. The number of rotatable bonds is 13. The van der Waals surface area contributed by atoms with Crippen LogP contribution in [0.5, 0.6) is 5.75 Å². The van der Waals surface area contributed by atoms with E-state index in [1.54, 1.807) is 37.8 Å². The predicted molar refractivity (Wildman–Crippen MR) is 153 cm³/mol. The predicted octanol–water partition coefficient (Wildman–Crippen LogP) is 5.29. The molecule has 0 aromatic heterocycles. The van der Waals surface area contributed by atoms with Gasteiger partial charge in [-0.15, -0.1) is 0 Å². The van der Waals surface area contributed by atoms with Crippen LogP contribution in [-0.4, -0.2) is 52.6 Å². The van der Waals surface area contributed by atoms with Gasteiger partial charge in [0.25, 0.3) is 0 Å². The Morgan fingerprint density at radius 1 is 0.923 bits per heavy atom. The highest BCUT2D eigenvalue weighted by molar-refractivity contribution is 5.92. The van der Waals surface area contributed by atoms with Crippen molar-refractivity contribution in [1.82, 2.24) is 15.5 Å². The van der Waals surface area contributed by atoms with E-state index in [1.165, 1.54) is 12.1 Å². The van der Waals surface area contributed by atoms with Gasteiger partial charge in [-0.05, 0) is 68.9 Å². The van der Waals surface area contributed by atoms with E-state index in [-0.39, 0.29) is 24.0 Å². The van der Waals surface area contributed by atoms with Crippen LogP contribution in [0.15, 0.2) is 48.5 Å². The topological polar surface area (TPSA) is 108 Å². The highest BCUT2D eigenvalue weighted by Crippen LogP contribution is 2.25. The molecule has 0 saturated carbocycles. The van der Waals surface area contributed by atoms with Crippen LogP contribution in [-0.2, 0) is 27.2 Å². The van der Waals surface area contributed by atoms with Crippen molar-refractivity contribution in [1.29, 1.82) is 0 Å². The number of carbonyl (C=O) groups is 3. The zero-order chi connectivity index (χ0) is 29.0. The fourth-order valence-corrected chi connectivity index (χ4v) is 4.22. The van der Waals surface area contributed by atoms with Crippen molar-refractivity contribution in [2.75, 3.05) is 13.1 Å². The molecule has 0 saturated heterocycles. The molecule has 39 heavy (non-hydrogen) atoms. The summed E-state index contributed by atoms with van der Waals surface area (Å²) in [6.45, 7) is 12.2. The molecule has 3 amide bonds. The quantitative estimate of drug-likeness (QED) is 0.300. The molecule has 0 fully saturated rings. The van der Waals surface area contributed by atoms with Gasteiger partial charge in [-0.25, -0.2) is 4.79 Å². The Morgan fingerprint density at radius 2 is 1.54 bits per heavy atom. The second-order valence-electron chi connectivity index (χ2n) is 10.7.